The molecule has 9 heteroatoms. The minimum absolute atomic E-state index is 0.216. The van der Waals surface area contributed by atoms with E-state index in [1.807, 2.05) is 6.92 Å². The zero-order valence-corrected chi connectivity index (χ0v) is 15.3. The van der Waals surface area contributed by atoms with Gasteiger partial charge >= 0.3 is 0 Å². The van der Waals surface area contributed by atoms with E-state index >= 15 is 0 Å². The minimum Gasteiger partial charge on any atom is -0.486 e. The summed E-state index contributed by atoms with van der Waals surface area (Å²) in [5.74, 6) is 2.22. The van der Waals surface area contributed by atoms with Gasteiger partial charge in [-0.25, -0.2) is 4.68 Å². The van der Waals surface area contributed by atoms with Crippen LogP contribution in [-0.2, 0) is 13.2 Å². The van der Waals surface area contributed by atoms with Crippen molar-refractivity contribution in [1.82, 2.24) is 20.2 Å². The van der Waals surface area contributed by atoms with Crippen LogP contribution >= 0.6 is 0 Å². The van der Waals surface area contributed by atoms with Crippen LogP contribution in [0, 0.1) is 0 Å². The Labute approximate surface area is 161 Å². The van der Waals surface area contributed by atoms with Crippen LogP contribution in [0.2, 0.25) is 0 Å². The van der Waals surface area contributed by atoms with E-state index in [1.54, 1.807) is 47.1 Å². The molecule has 2 aromatic carbocycles. The highest BCUT2D eigenvalue weighted by Crippen LogP contribution is 2.32. The molecule has 4 rings (SSSR count). The molecule has 0 saturated heterocycles. The number of hydrogen-bond donors (Lipinski definition) is 1. The Kier molecular flexibility index (Phi) is 5.05. The zero-order valence-electron chi connectivity index (χ0n) is 15.3. The molecule has 0 saturated carbocycles. The maximum atomic E-state index is 12.6. The average Bonchev–Trinajstić information content (AvgIpc) is 3.20. The number of carbonyl (C=O) groups is 1. The number of hydrogen-bond acceptors (Lipinski definition) is 7. The van der Waals surface area contributed by atoms with Crippen LogP contribution in [-0.4, -0.2) is 39.3 Å². The van der Waals surface area contributed by atoms with Crippen LogP contribution in [0.1, 0.15) is 23.1 Å². The molecule has 0 atom stereocenters. The Balaban J connectivity index is 1.42. The van der Waals surface area contributed by atoms with Crippen molar-refractivity contribution < 1.29 is 19.0 Å². The first-order chi connectivity index (χ1) is 13.7. The van der Waals surface area contributed by atoms with E-state index < -0.39 is 0 Å². The van der Waals surface area contributed by atoms with Crippen molar-refractivity contribution in [3.8, 4) is 17.2 Å². The highest BCUT2D eigenvalue weighted by molar-refractivity contribution is 6.04. The largest absolute Gasteiger partial charge is 0.486 e. The summed E-state index contributed by atoms with van der Waals surface area (Å²) >= 11 is 0. The van der Waals surface area contributed by atoms with Crippen LogP contribution in [0.5, 0.6) is 17.2 Å². The maximum Gasteiger partial charge on any atom is 0.255 e. The van der Waals surface area contributed by atoms with Crippen LogP contribution < -0.4 is 19.5 Å². The second-order valence-corrected chi connectivity index (χ2v) is 6.04. The summed E-state index contributed by atoms with van der Waals surface area (Å²) in [5, 5.41) is 14.3. The van der Waals surface area contributed by atoms with Gasteiger partial charge in [-0.2, -0.15) is 0 Å². The normalized spacial score (nSPS) is 12.5. The quantitative estimate of drug-likeness (QED) is 0.699. The summed E-state index contributed by atoms with van der Waals surface area (Å²) in [6.45, 7) is 3.83. The third-order valence-electron chi connectivity index (χ3n) is 4.17. The highest BCUT2D eigenvalue weighted by Gasteiger charge is 2.14. The third kappa shape index (κ3) is 3.88. The molecule has 0 fully saturated rings. The lowest BCUT2D eigenvalue weighted by atomic mass is 10.2. The number of tetrazole rings is 1. The fourth-order valence-corrected chi connectivity index (χ4v) is 2.77. The lowest BCUT2D eigenvalue weighted by Crippen LogP contribution is -2.16. The molecular formula is C19H19N5O4. The lowest BCUT2D eigenvalue weighted by Gasteiger charge is -2.19. The Bertz CT molecular complexity index is 988. The van der Waals surface area contributed by atoms with Gasteiger partial charge in [0.25, 0.3) is 5.91 Å². The maximum absolute atomic E-state index is 12.6. The molecule has 0 bridgehead atoms. The summed E-state index contributed by atoms with van der Waals surface area (Å²) in [6, 6.07) is 12.2. The predicted molar refractivity (Wildman–Crippen MR) is 99.7 cm³/mol. The van der Waals surface area contributed by atoms with Gasteiger partial charge in [0.1, 0.15) is 25.6 Å². The lowest BCUT2D eigenvalue weighted by molar-refractivity contribution is 0.102. The summed E-state index contributed by atoms with van der Waals surface area (Å²) in [7, 11) is 0. The number of nitrogens with zero attached hydrogens (tertiary/aromatic N) is 4. The molecular weight excluding hydrogens is 362 g/mol. The number of amides is 1. The van der Waals surface area contributed by atoms with Crippen molar-refractivity contribution >= 4 is 11.6 Å². The number of benzene rings is 2. The van der Waals surface area contributed by atoms with Gasteiger partial charge < -0.3 is 19.5 Å². The van der Waals surface area contributed by atoms with Crippen molar-refractivity contribution in [2.45, 2.75) is 20.1 Å². The fraction of sp³-hybridized carbons (Fsp3) is 0.263. The highest BCUT2D eigenvalue weighted by atomic mass is 16.6. The molecule has 1 aliphatic heterocycles. The second kappa shape index (κ2) is 7.95. The monoisotopic (exact) mass is 381 g/mol. The van der Waals surface area contributed by atoms with E-state index in [0.717, 1.165) is 0 Å². The van der Waals surface area contributed by atoms with Gasteiger partial charge in [0, 0.05) is 23.9 Å². The van der Waals surface area contributed by atoms with Gasteiger partial charge in [-0.1, -0.05) is 6.07 Å². The molecule has 0 aliphatic carbocycles. The zero-order chi connectivity index (χ0) is 19.3. The molecule has 0 radical (unpaired) electrons. The summed E-state index contributed by atoms with van der Waals surface area (Å²) in [4.78, 5) is 12.6. The average molecular weight is 381 g/mol. The number of carbonyl (C=O) groups excluding carboxylic acids is 1. The van der Waals surface area contributed by atoms with Crippen molar-refractivity contribution in [2.24, 2.45) is 0 Å². The van der Waals surface area contributed by atoms with Gasteiger partial charge in [0.15, 0.2) is 17.3 Å². The molecule has 144 valence electrons. The number of aryl methyl sites for hydroxylation is 1. The standard InChI is InChI=1S/C19H19N5O4/c1-2-24-18(21-22-23-24)12-28-15-5-3-4-13(10-15)19(25)20-14-6-7-16-17(11-14)27-9-8-26-16/h3-7,10-11H,2,8-9,12H2,1H3,(H,20,25). The number of aromatic nitrogens is 4. The summed E-state index contributed by atoms with van der Waals surface area (Å²) in [5.41, 5.74) is 1.10. The summed E-state index contributed by atoms with van der Waals surface area (Å²) in [6.07, 6.45) is 0. The molecule has 9 nitrogen and oxygen atoms in total. The number of rotatable bonds is 6. The van der Waals surface area contributed by atoms with E-state index in [0.29, 0.717) is 54.1 Å². The van der Waals surface area contributed by atoms with Crippen LogP contribution in [0.25, 0.3) is 0 Å². The molecule has 1 amide bonds. The molecule has 0 unspecified atom stereocenters. The molecule has 3 aromatic rings. The third-order valence-corrected chi connectivity index (χ3v) is 4.17. The van der Waals surface area contributed by atoms with Crippen molar-refractivity contribution in [3.05, 3.63) is 53.9 Å². The van der Waals surface area contributed by atoms with E-state index in [2.05, 4.69) is 20.8 Å². The van der Waals surface area contributed by atoms with E-state index in [-0.39, 0.29) is 12.5 Å². The molecule has 2 heterocycles. The van der Waals surface area contributed by atoms with Gasteiger partial charge in [-0.3, -0.25) is 4.79 Å². The molecule has 1 aliphatic rings. The SMILES string of the molecule is CCn1nnnc1COc1cccc(C(=O)Nc2ccc3c(c2)OCCO3)c1. The Morgan fingerprint density at radius 1 is 1.18 bits per heavy atom. The first-order valence-corrected chi connectivity index (χ1v) is 8.92. The first kappa shape index (κ1) is 17.8. The van der Waals surface area contributed by atoms with Crippen LogP contribution in [0.3, 0.4) is 0 Å². The van der Waals surface area contributed by atoms with Crippen LogP contribution in [0.4, 0.5) is 5.69 Å². The Morgan fingerprint density at radius 2 is 2.04 bits per heavy atom. The number of fused-ring (bicyclic) bond motifs is 1. The first-order valence-electron chi connectivity index (χ1n) is 8.92. The predicted octanol–water partition coefficient (Wildman–Crippen LogP) is 2.30. The second-order valence-electron chi connectivity index (χ2n) is 6.04. The minimum atomic E-state index is -0.250. The summed E-state index contributed by atoms with van der Waals surface area (Å²) < 4.78 is 18.4. The molecule has 1 aromatic heterocycles. The number of anilines is 1. The van der Waals surface area contributed by atoms with Crippen molar-refractivity contribution in [3.63, 3.8) is 0 Å². The number of ether oxygens (including phenoxy) is 3. The van der Waals surface area contributed by atoms with Gasteiger partial charge in [0.05, 0.1) is 0 Å². The van der Waals surface area contributed by atoms with Crippen LogP contribution in [0.15, 0.2) is 42.5 Å². The Hall–Kier alpha value is -3.62. The topological polar surface area (TPSA) is 100 Å². The Morgan fingerprint density at radius 3 is 2.89 bits per heavy atom. The van der Waals surface area contributed by atoms with E-state index in [9.17, 15) is 4.79 Å². The van der Waals surface area contributed by atoms with Gasteiger partial charge in [-0.15, -0.1) is 5.10 Å². The molecule has 0 spiro atoms. The van der Waals surface area contributed by atoms with Gasteiger partial charge in [0.2, 0.25) is 0 Å². The molecule has 28 heavy (non-hydrogen) atoms. The fourth-order valence-electron chi connectivity index (χ4n) is 2.77. The van der Waals surface area contributed by atoms with Crippen molar-refractivity contribution in [1.29, 1.82) is 0 Å². The van der Waals surface area contributed by atoms with Crippen molar-refractivity contribution in [2.75, 3.05) is 18.5 Å². The van der Waals surface area contributed by atoms with Gasteiger partial charge in [-0.05, 0) is 47.7 Å². The smallest absolute Gasteiger partial charge is 0.255 e. The number of nitrogens with one attached hydrogen (secondary N) is 1. The van der Waals surface area contributed by atoms with E-state index in [4.69, 9.17) is 14.2 Å². The van der Waals surface area contributed by atoms with E-state index in [1.165, 1.54) is 0 Å². The molecule has 1 N–H and O–H groups in total.